The molecule has 0 atom stereocenters. The molecular weight excluding hydrogens is 96.1 g/mol. The van der Waals surface area contributed by atoms with E-state index in [0.717, 1.165) is 0 Å². The maximum Gasteiger partial charge on any atom is -0.0199 e. The molecule has 1 rings (SSSR count). The summed E-state index contributed by atoms with van der Waals surface area (Å²) in [6.07, 6.45) is 5.12. The first kappa shape index (κ1) is 5.44. The van der Waals surface area contributed by atoms with E-state index in [-0.39, 0.29) is 0 Å². The summed E-state index contributed by atoms with van der Waals surface area (Å²) < 4.78 is 0. The molecule has 42 valence electrons. The van der Waals surface area contributed by atoms with Gasteiger partial charge in [-0.05, 0) is 37.8 Å². The molecule has 1 fully saturated rings. The summed E-state index contributed by atoms with van der Waals surface area (Å²) in [6.45, 7) is 3.47. The molecule has 0 spiro atoms. The molecule has 0 aliphatic heterocycles. The first-order chi connectivity index (χ1) is 3.93. The summed E-state index contributed by atoms with van der Waals surface area (Å²) in [4.78, 5) is 0. The summed E-state index contributed by atoms with van der Waals surface area (Å²) in [6, 6.07) is 0. The van der Waals surface area contributed by atoms with Gasteiger partial charge in [-0.1, -0.05) is 11.5 Å². The third kappa shape index (κ3) is 1.13. The molecule has 0 aromatic carbocycles. The fourth-order valence-corrected chi connectivity index (χ4v) is 1.05. The van der Waals surface area contributed by atoms with Gasteiger partial charge in [0.2, 0.25) is 0 Å². The first-order valence-corrected chi connectivity index (χ1v) is 3.06. The van der Waals surface area contributed by atoms with E-state index in [9.17, 15) is 0 Å². The Bertz CT molecular complexity index is 145. The van der Waals surface area contributed by atoms with Crippen LogP contribution in [0.25, 0.3) is 0 Å². The van der Waals surface area contributed by atoms with Crippen LogP contribution in [-0.2, 0) is 0 Å². The lowest BCUT2D eigenvalue weighted by Gasteiger charge is -1.80. The Morgan fingerprint density at radius 1 is 1.25 bits per heavy atom. The number of hydrogen-bond donors (Lipinski definition) is 0. The smallest absolute Gasteiger partial charge is 0.0199 e. The van der Waals surface area contributed by atoms with Crippen LogP contribution in [0.4, 0.5) is 0 Å². The summed E-state index contributed by atoms with van der Waals surface area (Å²) in [5, 5.41) is 0. The standard InChI is InChI=1S/C8H10/c1-2-5-8-6-3-4-7-8/h1,3-4,6-7H2. The summed E-state index contributed by atoms with van der Waals surface area (Å²) in [5.41, 5.74) is 7.08. The molecule has 0 radical (unpaired) electrons. The molecule has 0 amide bonds. The quantitative estimate of drug-likeness (QED) is 0.416. The predicted octanol–water partition coefficient (Wildman–Crippen LogP) is 2.43. The van der Waals surface area contributed by atoms with Crippen molar-refractivity contribution in [2.24, 2.45) is 0 Å². The van der Waals surface area contributed by atoms with Crippen molar-refractivity contribution in [3.8, 4) is 0 Å². The fraction of sp³-hybridized carbons (Fsp3) is 0.500. The SMILES string of the molecule is C=C=C=C1CCCC1. The lowest BCUT2D eigenvalue weighted by atomic mass is 10.2. The zero-order valence-electron chi connectivity index (χ0n) is 5.04. The summed E-state index contributed by atoms with van der Waals surface area (Å²) >= 11 is 0. The lowest BCUT2D eigenvalue weighted by molar-refractivity contribution is 0.886. The van der Waals surface area contributed by atoms with E-state index >= 15 is 0 Å². The third-order valence-corrected chi connectivity index (χ3v) is 1.47. The van der Waals surface area contributed by atoms with Crippen LogP contribution in [0.5, 0.6) is 0 Å². The molecule has 0 saturated heterocycles. The highest BCUT2D eigenvalue weighted by Gasteiger charge is 2.03. The van der Waals surface area contributed by atoms with Crippen LogP contribution in [0.1, 0.15) is 25.7 Å². The molecule has 0 N–H and O–H groups in total. The van der Waals surface area contributed by atoms with E-state index in [0.29, 0.717) is 0 Å². The molecule has 8 heavy (non-hydrogen) atoms. The highest BCUT2D eigenvalue weighted by molar-refractivity contribution is 5.04. The van der Waals surface area contributed by atoms with Gasteiger partial charge in [-0.2, -0.15) is 0 Å². The Balaban J connectivity index is 2.72. The van der Waals surface area contributed by atoms with Gasteiger partial charge in [0.05, 0.1) is 0 Å². The zero-order valence-corrected chi connectivity index (χ0v) is 5.04. The number of hydrogen-bond acceptors (Lipinski definition) is 0. The monoisotopic (exact) mass is 106 g/mol. The van der Waals surface area contributed by atoms with Crippen LogP contribution in [0.2, 0.25) is 0 Å². The average Bonchev–Trinajstić information content (AvgIpc) is 2.19. The van der Waals surface area contributed by atoms with Crippen molar-refractivity contribution in [2.75, 3.05) is 0 Å². The summed E-state index contributed by atoms with van der Waals surface area (Å²) in [5.74, 6) is 0. The second-order valence-corrected chi connectivity index (χ2v) is 2.11. The van der Waals surface area contributed by atoms with E-state index in [4.69, 9.17) is 0 Å². The minimum absolute atomic E-state index is 1.22. The Morgan fingerprint density at radius 3 is 2.38 bits per heavy atom. The minimum atomic E-state index is 1.22. The summed E-state index contributed by atoms with van der Waals surface area (Å²) in [7, 11) is 0. The van der Waals surface area contributed by atoms with Crippen LogP contribution in [0, 0.1) is 0 Å². The Labute approximate surface area is 50.2 Å². The Kier molecular flexibility index (Phi) is 1.75. The van der Waals surface area contributed by atoms with Crippen LogP contribution in [-0.4, -0.2) is 0 Å². The maximum absolute atomic E-state index is 3.47. The normalized spacial score (nSPS) is 17.8. The topological polar surface area (TPSA) is 0 Å². The number of allylic oxidation sites excluding steroid dienone is 1. The predicted molar refractivity (Wildman–Crippen MR) is 34.6 cm³/mol. The van der Waals surface area contributed by atoms with Crippen molar-refractivity contribution in [1.82, 2.24) is 0 Å². The van der Waals surface area contributed by atoms with Gasteiger partial charge in [-0.15, -0.1) is 0 Å². The zero-order chi connectivity index (χ0) is 5.82. The highest BCUT2D eigenvalue weighted by Crippen LogP contribution is 2.21. The van der Waals surface area contributed by atoms with Gasteiger partial charge in [0, 0.05) is 0 Å². The molecule has 1 saturated carbocycles. The van der Waals surface area contributed by atoms with Crippen molar-refractivity contribution < 1.29 is 0 Å². The molecule has 1 aliphatic rings. The molecule has 0 unspecified atom stereocenters. The van der Waals surface area contributed by atoms with Gasteiger partial charge in [0.15, 0.2) is 0 Å². The molecule has 0 nitrogen and oxygen atoms in total. The lowest BCUT2D eigenvalue weighted by Crippen LogP contribution is -1.62. The van der Waals surface area contributed by atoms with Gasteiger partial charge in [0.25, 0.3) is 0 Å². The third-order valence-electron chi connectivity index (χ3n) is 1.47. The first-order valence-electron chi connectivity index (χ1n) is 3.06. The van der Waals surface area contributed by atoms with E-state index < -0.39 is 0 Å². The van der Waals surface area contributed by atoms with Gasteiger partial charge < -0.3 is 0 Å². The second-order valence-electron chi connectivity index (χ2n) is 2.11. The highest BCUT2D eigenvalue weighted by atomic mass is 14.1. The van der Waals surface area contributed by atoms with Gasteiger partial charge in [0.1, 0.15) is 0 Å². The molecule has 0 aromatic heterocycles. The van der Waals surface area contributed by atoms with Crippen molar-refractivity contribution >= 4 is 0 Å². The van der Waals surface area contributed by atoms with E-state index in [1.165, 1.54) is 31.3 Å². The van der Waals surface area contributed by atoms with Crippen LogP contribution in [0.15, 0.2) is 23.6 Å². The van der Waals surface area contributed by atoms with Crippen molar-refractivity contribution in [3.05, 3.63) is 23.6 Å². The maximum atomic E-state index is 3.47. The fourth-order valence-electron chi connectivity index (χ4n) is 1.05. The largest absolute Gasteiger partial charge is 0.0782 e. The van der Waals surface area contributed by atoms with Gasteiger partial charge in [-0.3, -0.25) is 0 Å². The van der Waals surface area contributed by atoms with Crippen LogP contribution in [0.3, 0.4) is 0 Å². The Hall–Kier alpha value is -0.700. The van der Waals surface area contributed by atoms with E-state index in [1.807, 2.05) is 0 Å². The molecule has 0 heterocycles. The van der Waals surface area contributed by atoms with E-state index in [2.05, 4.69) is 18.0 Å². The molecule has 0 aromatic rings. The average molecular weight is 106 g/mol. The molecule has 0 bridgehead atoms. The van der Waals surface area contributed by atoms with E-state index in [1.54, 1.807) is 0 Å². The van der Waals surface area contributed by atoms with Crippen molar-refractivity contribution in [3.63, 3.8) is 0 Å². The van der Waals surface area contributed by atoms with Crippen molar-refractivity contribution in [2.45, 2.75) is 25.7 Å². The van der Waals surface area contributed by atoms with Crippen molar-refractivity contribution in [1.29, 1.82) is 0 Å². The minimum Gasteiger partial charge on any atom is -0.0782 e. The van der Waals surface area contributed by atoms with Gasteiger partial charge >= 0.3 is 0 Å². The second kappa shape index (κ2) is 2.57. The van der Waals surface area contributed by atoms with Crippen LogP contribution < -0.4 is 0 Å². The Morgan fingerprint density at radius 2 is 1.88 bits per heavy atom. The molecule has 0 heteroatoms. The molecular formula is C8H10. The van der Waals surface area contributed by atoms with Crippen LogP contribution >= 0.6 is 0 Å². The molecule has 1 aliphatic carbocycles. The van der Waals surface area contributed by atoms with Gasteiger partial charge in [-0.25, -0.2) is 0 Å². The number of rotatable bonds is 0.